The monoisotopic (exact) mass is 344 g/mol. The second-order valence-electron chi connectivity index (χ2n) is 5.94. The number of ether oxygens (including phenoxy) is 2. The minimum absolute atomic E-state index is 0.365. The lowest BCUT2D eigenvalue weighted by molar-refractivity contribution is 0.143. The third-order valence-electron chi connectivity index (χ3n) is 4.11. The van der Waals surface area contributed by atoms with Gasteiger partial charge in [0.25, 0.3) is 0 Å². The van der Waals surface area contributed by atoms with E-state index in [2.05, 4.69) is 47.6 Å². The molecule has 24 heavy (non-hydrogen) atoms. The van der Waals surface area contributed by atoms with Crippen LogP contribution in [0, 0.1) is 0 Å². The first-order chi connectivity index (χ1) is 11.8. The summed E-state index contributed by atoms with van der Waals surface area (Å²) in [5.74, 6) is 0.688. The predicted molar refractivity (Wildman–Crippen MR) is 97.6 cm³/mol. The number of pyridine rings is 1. The van der Waals surface area contributed by atoms with Gasteiger partial charge < -0.3 is 14.8 Å². The summed E-state index contributed by atoms with van der Waals surface area (Å²) in [6.07, 6.45) is 2.89. The molecule has 1 aromatic heterocycles. The molecule has 5 heteroatoms. The number of rotatable bonds is 7. The second-order valence-corrected chi connectivity index (χ2v) is 7.42. The molecule has 0 bridgehead atoms. The molecular formula is C19H24N2O2S. The maximum absolute atomic E-state index is 5.73. The Balaban J connectivity index is 1.68. The Morgan fingerprint density at radius 3 is 2.96 bits per heavy atom. The SMILES string of the molecule is COCCOc1ncccc1CN[C@H]1C[C@H](C)Sc2ccccc21. The molecule has 2 aromatic rings. The summed E-state index contributed by atoms with van der Waals surface area (Å²) in [6.45, 7) is 4.11. The van der Waals surface area contributed by atoms with Crippen LogP contribution in [-0.4, -0.2) is 30.6 Å². The number of nitrogens with zero attached hydrogens (tertiary/aromatic N) is 1. The molecule has 0 unspecified atom stereocenters. The van der Waals surface area contributed by atoms with Gasteiger partial charge in [-0.25, -0.2) is 4.98 Å². The zero-order valence-electron chi connectivity index (χ0n) is 14.2. The van der Waals surface area contributed by atoms with Crippen LogP contribution in [0.25, 0.3) is 0 Å². The van der Waals surface area contributed by atoms with Crippen molar-refractivity contribution >= 4 is 11.8 Å². The van der Waals surface area contributed by atoms with Crippen molar-refractivity contribution in [1.82, 2.24) is 10.3 Å². The molecule has 128 valence electrons. The third-order valence-corrected chi connectivity index (χ3v) is 5.33. The molecule has 1 N–H and O–H groups in total. The van der Waals surface area contributed by atoms with Gasteiger partial charge in [-0.15, -0.1) is 11.8 Å². The molecule has 0 saturated heterocycles. The Morgan fingerprint density at radius 2 is 2.08 bits per heavy atom. The highest BCUT2D eigenvalue weighted by atomic mass is 32.2. The summed E-state index contributed by atoms with van der Waals surface area (Å²) in [5, 5.41) is 4.31. The largest absolute Gasteiger partial charge is 0.475 e. The average molecular weight is 344 g/mol. The molecule has 4 nitrogen and oxygen atoms in total. The van der Waals surface area contributed by atoms with Gasteiger partial charge in [0.1, 0.15) is 6.61 Å². The maximum atomic E-state index is 5.73. The first kappa shape index (κ1) is 17.3. The Labute approximate surface area is 148 Å². The summed E-state index contributed by atoms with van der Waals surface area (Å²) in [6, 6.07) is 13.1. The topological polar surface area (TPSA) is 43.4 Å². The van der Waals surface area contributed by atoms with E-state index in [1.807, 2.05) is 17.8 Å². The van der Waals surface area contributed by atoms with Gasteiger partial charge in [-0.05, 0) is 24.1 Å². The van der Waals surface area contributed by atoms with E-state index in [0.717, 1.165) is 18.5 Å². The number of benzene rings is 1. The lowest BCUT2D eigenvalue weighted by Crippen LogP contribution is -2.27. The van der Waals surface area contributed by atoms with Gasteiger partial charge in [0.05, 0.1) is 6.61 Å². The molecule has 1 aliphatic rings. The third kappa shape index (κ3) is 4.29. The molecule has 0 aliphatic carbocycles. The van der Waals surface area contributed by atoms with Gasteiger partial charge in [-0.3, -0.25) is 0 Å². The molecular weight excluding hydrogens is 320 g/mol. The van der Waals surface area contributed by atoms with Crippen LogP contribution in [0.5, 0.6) is 5.88 Å². The highest BCUT2D eigenvalue weighted by Crippen LogP contribution is 2.40. The van der Waals surface area contributed by atoms with Crippen LogP contribution in [0.3, 0.4) is 0 Å². The van der Waals surface area contributed by atoms with Gasteiger partial charge in [0, 0.05) is 41.6 Å². The Kier molecular flexibility index (Phi) is 6.12. The molecule has 0 amide bonds. The zero-order valence-corrected chi connectivity index (χ0v) is 15.0. The molecule has 3 rings (SSSR count). The Morgan fingerprint density at radius 1 is 1.21 bits per heavy atom. The van der Waals surface area contributed by atoms with E-state index in [1.165, 1.54) is 10.5 Å². The van der Waals surface area contributed by atoms with Gasteiger partial charge in [-0.1, -0.05) is 31.2 Å². The van der Waals surface area contributed by atoms with Crippen LogP contribution in [0.15, 0.2) is 47.5 Å². The fourth-order valence-corrected chi connectivity index (χ4v) is 4.16. The molecule has 0 radical (unpaired) electrons. The van der Waals surface area contributed by atoms with Crippen molar-refractivity contribution in [2.45, 2.75) is 36.1 Å². The fraction of sp³-hybridized carbons (Fsp3) is 0.421. The smallest absolute Gasteiger partial charge is 0.217 e. The lowest BCUT2D eigenvalue weighted by Gasteiger charge is -2.30. The number of hydrogen-bond donors (Lipinski definition) is 1. The summed E-state index contributed by atoms with van der Waals surface area (Å²) in [7, 11) is 1.67. The van der Waals surface area contributed by atoms with Crippen molar-refractivity contribution in [3.63, 3.8) is 0 Å². The van der Waals surface area contributed by atoms with E-state index < -0.39 is 0 Å². The van der Waals surface area contributed by atoms with E-state index in [1.54, 1.807) is 13.3 Å². The van der Waals surface area contributed by atoms with Crippen molar-refractivity contribution in [2.24, 2.45) is 0 Å². The number of hydrogen-bond acceptors (Lipinski definition) is 5. The van der Waals surface area contributed by atoms with Crippen LogP contribution < -0.4 is 10.1 Å². The molecule has 1 aromatic carbocycles. The van der Waals surface area contributed by atoms with E-state index in [0.29, 0.717) is 30.4 Å². The highest BCUT2D eigenvalue weighted by Gasteiger charge is 2.24. The predicted octanol–water partition coefficient (Wildman–Crippen LogP) is 3.82. The fourth-order valence-electron chi connectivity index (χ4n) is 2.94. The first-order valence-electron chi connectivity index (χ1n) is 8.32. The molecule has 1 aliphatic heterocycles. The van der Waals surface area contributed by atoms with Crippen LogP contribution in [-0.2, 0) is 11.3 Å². The number of methoxy groups -OCH3 is 1. The lowest BCUT2D eigenvalue weighted by atomic mass is 10.0. The van der Waals surface area contributed by atoms with Gasteiger partial charge in [0.15, 0.2) is 0 Å². The first-order valence-corrected chi connectivity index (χ1v) is 9.20. The normalized spacial score (nSPS) is 19.8. The standard InChI is InChI=1S/C19H24N2O2S/c1-14-12-17(16-7-3-4-8-18(16)24-14)21-13-15-6-5-9-20-19(15)23-11-10-22-2/h3-9,14,17,21H,10-13H2,1-2H3/t14-,17-/m0/s1. The van der Waals surface area contributed by atoms with E-state index in [9.17, 15) is 0 Å². The van der Waals surface area contributed by atoms with Crippen LogP contribution in [0.4, 0.5) is 0 Å². The number of thioether (sulfide) groups is 1. The van der Waals surface area contributed by atoms with Crippen LogP contribution in [0.2, 0.25) is 0 Å². The van der Waals surface area contributed by atoms with Gasteiger partial charge in [0.2, 0.25) is 5.88 Å². The second kappa shape index (κ2) is 8.51. The molecule has 2 atom stereocenters. The van der Waals surface area contributed by atoms with E-state index >= 15 is 0 Å². The highest BCUT2D eigenvalue weighted by molar-refractivity contribution is 8.00. The maximum Gasteiger partial charge on any atom is 0.217 e. The van der Waals surface area contributed by atoms with Gasteiger partial charge >= 0.3 is 0 Å². The van der Waals surface area contributed by atoms with Crippen molar-refractivity contribution in [2.75, 3.05) is 20.3 Å². The molecule has 2 heterocycles. The Hall–Kier alpha value is -1.56. The average Bonchev–Trinajstić information content (AvgIpc) is 2.60. The number of fused-ring (bicyclic) bond motifs is 1. The summed E-state index contributed by atoms with van der Waals surface area (Å²) >= 11 is 1.96. The van der Waals surface area contributed by atoms with Crippen molar-refractivity contribution < 1.29 is 9.47 Å². The molecule has 0 fully saturated rings. The molecule has 0 saturated carbocycles. The number of nitrogens with one attached hydrogen (secondary N) is 1. The van der Waals surface area contributed by atoms with Crippen molar-refractivity contribution in [3.8, 4) is 5.88 Å². The van der Waals surface area contributed by atoms with Crippen LogP contribution in [0.1, 0.15) is 30.5 Å². The van der Waals surface area contributed by atoms with E-state index in [4.69, 9.17) is 9.47 Å². The van der Waals surface area contributed by atoms with E-state index in [-0.39, 0.29) is 0 Å². The number of aromatic nitrogens is 1. The minimum Gasteiger partial charge on any atom is -0.475 e. The summed E-state index contributed by atoms with van der Waals surface area (Å²) in [4.78, 5) is 5.74. The zero-order chi connectivity index (χ0) is 16.8. The van der Waals surface area contributed by atoms with Crippen molar-refractivity contribution in [3.05, 3.63) is 53.7 Å². The van der Waals surface area contributed by atoms with Crippen molar-refractivity contribution in [1.29, 1.82) is 0 Å². The summed E-state index contributed by atoms with van der Waals surface area (Å²) in [5.41, 5.74) is 2.48. The van der Waals surface area contributed by atoms with Crippen LogP contribution >= 0.6 is 11.8 Å². The Bertz CT molecular complexity index is 665. The quantitative estimate of drug-likeness (QED) is 0.774. The van der Waals surface area contributed by atoms with Gasteiger partial charge in [-0.2, -0.15) is 0 Å². The minimum atomic E-state index is 0.365. The molecule has 0 spiro atoms. The summed E-state index contributed by atoms with van der Waals surface area (Å²) < 4.78 is 10.8.